The summed E-state index contributed by atoms with van der Waals surface area (Å²) in [6.07, 6.45) is 1.85. The van der Waals surface area contributed by atoms with Gasteiger partial charge in [0.05, 0.1) is 16.6 Å². The van der Waals surface area contributed by atoms with E-state index in [1.165, 1.54) is 12.1 Å². The highest BCUT2D eigenvalue weighted by molar-refractivity contribution is 6.31. The summed E-state index contributed by atoms with van der Waals surface area (Å²) in [5, 5.41) is 22.4. The van der Waals surface area contributed by atoms with E-state index in [9.17, 15) is 15.4 Å². The van der Waals surface area contributed by atoms with E-state index >= 15 is 0 Å². The Hall–Kier alpha value is -3.88. The zero-order valence-corrected chi connectivity index (χ0v) is 17.5. The van der Waals surface area contributed by atoms with Crippen molar-refractivity contribution < 1.29 is 4.92 Å². The molecule has 6 heteroatoms. The van der Waals surface area contributed by atoms with Gasteiger partial charge in [0.2, 0.25) is 0 Å². The van der Waals surface area contributed by atoms with Gasteiger partial charge in [0.15, 0.2) is 0 Å². The highest BCUT2D eigenvalue weighted by atomic mass is 35.5. The van der Waals surface area contributed by atoms with E-state index in [-0.39, 0.29) is 5.69 Å². The van der Waals surface area contributed by atoms with Crippen LogP contribution >= 0.6 is 11.6 Å². The smallest absolute Gasteiger partial charge is 0.269 e. The molecule has 4 aromatic rings. The number of nitrogens with zero attached hydrogens (tertiary/aromatic N) is 3. The van der Waals surface area contributed by atoms with Crippen LogP contribution in [0.5, 0.6) is 0 Å². The summed E-state index contributed by atoms with van der Waals surface area (Å²) in [7, 11) is 0. The second-order valence-corrected chi connectivity index (χ2v) is 7.57. The molecule has 0 unspecified atom stereocenters. The zero-order valence-electron chi connectivity index (χ0n) is 16.7. The summed E-state index contributed by atoms with van der Waals surface area (Å²) >= 11 is 6.39. The molecular weight excluding hydrogens is 410 g/mol. The van der Waals surface area contributed by atoms with Crippen molar-refractivity contribution in [1.82, 2.24) is 4.57 Å². The lowest BCUT2D eigenvalue weighted by Crippen LogP contribution is -2.02. The Morgan fingerprint density at radius 2 is 1.77 bits per heavy atom. The lowest BCUT2D eigenvalue weighted by Gasteiger charge is -2.10. The van der Waals surface area contributed by atoms with Gasteiger partial charge in [-0.25, -0.2) is 0 Å². The number of hydrogen-bond acceptors (Lipinski definition) is 3. The standard InChI is InChI=1S/C25H18ClN3O2/c1-17-23(14-20(15-27)18-10-12-21(13-11-18)29(30)31)22-7-3-5-9-25(22)28(17)16-19-6-2-4-8-24(19)26/h2-14H,16H2,1H3/b20-14-. The van der Waals surface area contributed by atoms with Crippen molar-refractivity contribution in [1.29, 1.82) is 5.26 Å². The molecule has 0 spiro atoms. The quantitative estimate of drug-likeness (QED) is 0.204. The molecule has 0 amide bonds. The van der Waals surface area contributed by atoms with Gasteiger partial charge in [0.1, 0.15) is 0 Å². The molecule has 152 valence electrons. The Morgan fingerprint density at radius 3 is 2.45 bits per heavy atom. The minimum atomic E-state index is -0.452. The summed E-state index contributed by atoms with van der Waals surface area (Å²) in [5.74, 6) is 0. The maximum Gasteiger partial charge on any atom is 0.269 e. The lowest BCUT2D eigenvalue weighted by molar-refractivity contribution is -0.384. The van der Waals surface area contributed by atoms with Gasteiger partial charge in [0, 0.05) is 45.9 Å². The van der Waals surface area contributed by atoms with E-state index < -0.39 is 4.92 Å². The fraction of sp³-hybridized carbons (Fsp3) is 0.0800. The number of allylic oxidation sites excluding steroid dienone is 1. The number of nitro groups is 1. The van der Waals surface area contributed by atoms with Gasteiger partial charge < -0.3 is 4.57 Å². The van der Waals surface area contributed by atoms with Crippen LogP contribution in [0.15, 0.2) is 72.8 Å². The number of nitro benzene ring substituents is 1. The Morgan fingerprint density at radius 1 is 1.10 bits per heavy atom. The topological polar surface area (TPSA) is 71.9 Å². The van der Waals surface area contributed by atoms with Crippen LogP contribution in [0.1, 0.15) is 22.4 Å². The van der Waals surface area contributed by atoms with E-state index in [4.69, 9.17) is 11.6 Å². The third-order valence-electron chi connectivity index (χ3n) is 5.36. The number of nitriles is 1. The van der Waals surface area contributed by atoms with Crippen molar-refractivity contribution in [3.8, 4) is 6.07 Å². The molecule has 3 aromatic carbocycles. The monoisotopic (exact) mass is 427 g/mol. The molecule has 0 saturated heterocycles. The maximum absolute atomic E-state index is 10.9. The SMILES string of the molecule is Cc1c(/C=C(/C#N)c2ccc([N+](=O)[O-])cc2)c2ccccc2n1Cc1ccccc1Cl. The fourth-order valence-electron chi connectivity index (χ4n) is 3.73. The first-order chi connectivity index (χ1) is 15.0. The van der Waals surface area contributed by atoms with Crippen LogP contribution in [-0.4, -0.2) is 9.49 Å². The number of benzene rings is 3. The Labute approximate surface area is 184 Å². The first-order valence-corrected chi connectivity index (χ1v) is 10.0. The molecule has 1 aromatic heterocycles. The van der Waals surface area contributed by atoms with E-state index in [1.54, 1.807) is 12.1 Å². The van der Waals surface area contributed by atoms with Gasteiger partial charge in [-0.1, -0.05) is 48.0 Å². The van der Waals surface area contributed by atoms with Crippen LogP contribution in [0, 0.1) is 28.4 Å². The van der Waals surface area contributed by atoms with Crippen molar-refractivity contribution in [2.24, 2.45) is 0 Å². The summed E-state index contributed by atoms with van der Waals surface area (Å²) in [6.45, 7) is 2.63. The van der Waals surface area contributed by atoms with Crippen LogP contribution < -0.4 is 0 Å². The van der Waals surface area contributed by atoms with Crippen LogP contribution in [0.4, 0.5) is 5.69 Å². The molecule has 0 aliphatic carbocycles. The Balaban J connectivity index is 1.84. The molecule has 5 nitrogen and oxygen atoms in total. The molecule has 4 rings (SSSR count). The predicted molar refractivity (Wildman–Crippen MR) is 124 cm³/mol. The molecule has 0 radical (unpaired) electrons. The largest absolute Gasteiger partial charge is 0.340 e. The molecule has 0 bridgehead atoms. The molecular formula is C25H18ClN3O2. The Bertz CT molecular complexity index is 1360. The van der Waals surface area contributed by atoms with Crippen molar-refractivity contribution in [2.75, 3.05) is 0 Å². The van der Waals surface area contributed by atoms with Crippen LogP contribution in [0.2, 0.25) is 5.02 Å². The maximum atomic E-state index is 10.9. The zero-order chi connectivity index (χ0) is 22.0. The van der Waals surface area contributed by atoms with E-state index in [1.807, 2.05) is 55.5 Å². The summed E-state index contributed by atoms with van der Waals surface area (Å²) in [5.41, 5.74) is 5.09. The van der Waals surface area contributed by atoms with Gasteiger partial charge in [-0.05, 0) is 48.4 Å². The average Bonchev–Trinajstić information content (AvgIpc) is 3.04. The van der Waals surface area contributed by atoms with Crippen LogP contribution in [-0.2, 0) is 6.54 Å². The second-order valence-electron chi connectivity index (χ2n) is 7.17. The third kappa shape index (κ3) is 3.94. The summed E-state index contributed by atoms with van der Waals surface area (Å²) in [4.78, 5) is 10.5. The van der Waals surface area contributed by atoms with E-state index in [0.717, 1.165) is 27.7 Å². The normalized spacial score (nSPS) is 11.5. The molecule has 0 saturated carbocycles. The second kappa shape index (κ2) is 8.47. The number of non-ortho nitro benzene ring substituents is 1. The van der Waals surface area contributed by atoms with Crippen molar-refractivity contribution in [3.63, 3.8) is 0 Å². The molecule has 0 fully saturated rings. The predicted octanol–water partition coefficient (Wildman–Crippen LogP) is 6.62. The molecule has 0 N–H and O–H groups in total. The fourth-order valence-corrected chi connectivity index (χ4v) is 3.92. The molecule has 1 heterocycles. The Kier molecular flexibility index (Phi) is 5.57. The van der Waals surface area contributed by atoms with E-state index in [0.29, 0.717) is 22.7 Å². The minimum Gasteiger partial charge on any atom is -0.340 e. The minimum absolute atomic E-state index is 0.00596. The number of aromatic nitrogens is 1. The van der Waals surface area contributed by atoms with Crippen molar-refractivity contribution >= 4 is 39.8 Å². The highest BCUT2D eigenvalue weighted by Crippen LogP contribution is 2.31. The van der Waals surface area contributed by atoms with Gasteiger partial charge in [-0.2, -0.15) is 5.26 Å². The first-order valence-electron chi connectivity index (χ1n) is 9.67. The third-order valence-corrected chi connectivity index (χ3v) is 5.73. The van der Waals surface area contributed by atoms with Gasteiger partial charge in [-0.3, -0.25) is 10.1 Å². The van der Waals surface area contributed by atoms with Crippen molar-refractivity contribution in [3.05, 3.63) is 110 Å². The molecule has 0 atom stereocenters. The number of hydrogen-bond donors (Lipinski definition) is 0. The first kappa shape index (κ1) is 20.4. The van der Waals surface area contributed by atoms with Crippen LogP contribution in [0.3, 0.4) is 0 Å². The van der Waals surface area contributed by atoms with Crippen LogP contribution in [0.25, 0.3) is 22.6 Å². The highest BCUT2D eigenvalue weighted by Gasteiger charge is 2.15. The van der Waals surface area contributed by atoms with Crippen molar-refractivity contribution in [2.45, 2.75) is 13.5 Å². The number of halogens is 1. The lowest BCUT2D eigenvalue weighted by atomic mass is 10.0. The number of rotatable bonds is 5. The molecule has 31 heavy (non-hydrogen) atoms. The number of fused-ring (bicyclic) bond motifs is 1. The van der Waals surface area contributed by atoms with E-state index in [2.05, 4.69) is 16.7 Å². The molecule has 0 aliphatic heterocycles. The van der Waals surface area contributed by atoms with Gasteiger partial charge >= 0.3 is 0 Å². The van der Waals surface area contributed by atoms with Gasteiger partial charge in [0.25, 0.3) is 5.69 Å². The summed E-state index contributed by atoms with van der Waals surface area (Å²) in [6, 6.07) is 24.0. The summed E-state index contributed by atoms with van der Waals surface area (Å²) < 4.78 is 2.19. The number of para-hydroxylation sites is 1. The van der Waals surface area contributed by atoms with Gasteiger partial charge in [-0.15, -0.1) is 0 Å². The average molecular weight is 428 g/mol. The molecule has 0 aliphatic rings.